The monoisotopic (exact) mass is 426 g/mol. The highest BCUT2D eigenvalue weighted by Gasteiger charge is 2.27. The van der Waals surface area contributed by atoms with Gasteiger partial charge in [0.1, 0.15) is 11.4 Å². The van der Waals surface area contributed by atoms with Gasteiger partial charge in [0.2, 0.25) is 0 Å². The number of aromatic nitrogens is 1. The van der Waals surface area contributed by atoms with Crippen LogP contribution in [-0.4, -0.2) is 47.8 Å². The molecule has 0 radical (unpaired) electrons. The first kappa shape index (κ1) is 20.7. The molecule has 152 valence electrons. The number of para-hydroxylation sites is 1. The SMILES string of the molecule is CC(C)(C)OC(=O)N1CCN(c2cccc(F)c2NCc2cnc(Cl)s2)CC1. The lowest BCUT2D eigenvalue weighted by molar-refractivity contribution is 0.0240. The maximum atomic E-state index is 14.5. The lowest BCUT2D eigenvalue weighted by Crippen LogP contribution is -2.50. The molecule has 9 heteroatoms. The highest BCUT2D eigenvalue weighted by molar-refractivity contribution is 7.15. The van der Waals surface area contributed by atoms with Crippen molar-refractivity contribution in [2.45, 2.75) is 32.9 Å². The number of thiazole rings is 1. The molecule has 1 aromatic heterocycles. The van der Waals surface area contributed by atoms with Gasteiger partial charge < -0.3 is 19.9 Å². The quantitative estimate of drug-likeness (QED) is 0.773. The van der Waals surface area contributed by atoms with Gasteiger partial charge in [-0.05, 0) is 32.9 Å². The zero-order chi connectivity index (χ0) is 20.3. The molecule has 0 atom stereocenters. The number of halogens is 2. The van der Waals surface area contributed by atoms with E-state index in [2.05, 4.69) is 15.2 Å². The van der Waals surface area contributed by atoms with Crippen molar-refractivity contribution in [2.24, 2.45) is 0 Å². The Hall–Kier alpha value is -2.06. The van der Waals surface area contributed by atoms with E-state index in [0.29, 0.717) is 42.9 Å². The van der Waals surface area contributed by atoms with Gasteiger partial charge in [-0.25, -0.2) is 14.2 Å². The molecule has 2 heterocycles. The molecule has 1 saturated heterocycles. The fraction of sp³-hybridized carbons (Fsp3) is 0.474. The number of hydrogen-bond acceptors (Lipinski definition) is 6. The number of benzene rings is 1. The van der Waals surface area contributed by atoms with Crippen molar-refractivity contribution in [2.75, 3.05) is 36.4 Å². The van der Waals surface area contributed by atoms with E-state index in [1.807, 2.05) is 26.8 Å². The highest BCUT2D eigenvalue weighted by Crippen LogP contribution is 2.31. The normalized spacial score (nSPS) is 14.9. The molecule has 0 aliphatic carbocycles. The van der Waals surface area contributed by atoms with Crippen LogP contribution in [-0.2, 0) is 11.3 Å². The maximum Gasteiger partial charge on any atom is 0.410 e. The van der Waals surface area contributed by atoms with Crippen molar-refractivity contribution in [3.8, 4) is 0 Å². The number of anilines is 2. The van der Waals surface area contributed by atoms with Crippen molar-refractivity contribution in [1.82, 2.24) is 9.88 Å². The van der Waals surface area contributed by atoms with Gasteiger partial charge in [-0.3, -0.25) is 0 Å². The maximum absolute atomic E-state index is 14.5. The molecule has 0 unspecified atom stereocenters. The fourth-order valence-electron chi connectivity index (χ4n) is 2.95. The van der Waals surface area contributed by atoms with Gasteiger partial charge in [-0.15, -0.1) is 11.3 Å². The number of carbonyl (C=O) groups is 1. The predicted octanol–water partition coefficient (Wildman–Crippen LogP) is 4.60. The van der Waals surface area contributed by atoms with Crippen LogP contribution >= 0.6 is 22.9 Å². The van der Waals surface area contributed by atoms with Gasteiger partial charge in [0.25, 0.3) is 0 Å². The third-order valence-electron chi connectivity index (χ3n) is 4.23. The molecule has 1 fully saturated rings. The second-order valence-corrected chi connectivity index (χ2v) is 9.22. The summed E-state index contributed by atoms with van der Waals surface area (Å²) in [4.78, 5) is 20.9. The second-order valence-electron chi connectivity index (χ2n) is 7.52. The number of nitrogens with one attached hydrogen (secondary N) is 1. The van der Waals surface area contributed by atoms with Crippen LogP contribution in [0, 0.1) is 5.82 Å². The van der Waals surface area contributed by atoms with Crippen LogP contribution < -0.4 is 10.2 Å². The first-order valence-corrected chi connectivity index (χ1v) is 10.3. The average molecular weight is 427 g/mol. The Morgan fingerprint density at radius 1 is 1.32 bits per heavy atom. The number of hydrogen-bond donors (Lipinski definition) is 1. The molecule has 1 aliphatic rings. The Kier molecular flexibility index (Phi) is 6.30. The first-order valence-electron chi connectivity index (χ1n) is 9.08. The summed E-state index contributed by atoms with van der Waals surface area (Å²) < 4.78 is 20.4. The highest BCUT2D eigenvalue weighted by atomic mass is 35.5. The van der Waals surface area contributed by atoms with E-state index in [4.69, 9.17) is 16.3 Å². The minimum Gasteiger partial charge on any atom is -0.444 e. The standard InChI is InChI=1S/C19H24ClFN4O2S/c1-19(2,3)27-18(26)25-9-7-24(8-10-25)15-6-4-5-14(21)16(15)22-11-13-12-23-17(20)28-13/h4-6,12,22H,7-11H2,1-3H3. The van der Waals surface area contributed by atoms with E-state index in [0.717, 1.165) is 10.6 Å². The Morgan fingerprint density at radius 3 is 2.64 bits per heavy atom. The number of carbonyl (C=O) groups excluding carboxylic acids is 1. The molecule has 0 spiro atoms. The molecule has 28 heavy (non-hydrogen) atoms. The lowest BCUT2D eigenvalue weighted by Gasteiger charge is -2.37. The molecule has 1 aliphatic heterocycles. The summed E-state index contributed by atoms with van der Waals surface area (Å²) in [6.07, 6.45) is 1.37. The summed E-state index contributed by atoms with van der Waals surface area (Å²) in [6, 6.07) is 5.01. The van der Waals surface area contributed by atoms with Crippen molar-refractivity contribution >= 4 is 40.4 Å². The molecule has 6 nitrogen and oxygen atoms in total. The van der Waals surface area contributed by atoms with Gasteiger partial charge in [-0.2, -0.15) is 0 Å². The van der Waals surface area contributed by atoms with E-state index in [-0.39, 0.29) is 11.9 Å². The molecular weight excluding hydrogens is 403 g/mol. The van der Waals surface area contributed by atoms with Crippen LogP contribution in [0.25, 0.3) is 0 Å². The minimum absolute atomic E-state index is 0.313. The van der Waals surface area contributed by atoms with Crippen LogP contribution in [0.5, 0.6) is 0 Å². The fourth-order valence-corrected chi connectivity index (χ4v) is 3.87. The van der Waals surface area contributed by atoms with Crippen LogP contribution in [0.4, 0.5) is 20.6 Å². The van der Waals surface area contributed by atoms with Crippen LogP contribution in [0.3, 0.4) is 0 Å². The van der Waals surface area contributed by atoms with Crippen LogP contribution in [0.15, 0.2) is 24.4 Å². The van der Waals surface area contributed by atoms with Gasteiger partial charge in [0, 0.05) is 37.3 Å². The van der Waals surface area contributed by atoms with Crippen LogP contribution in [0.2, 0.25) is 4.47 Å². The van der Waals surface area contributed by atoms with E-state index in [1.165, 1.54) is 17.4 Å². The van der Waals surface area contributed by atoms with Gasteiger partial charge in [0.05, 0.1) is 17.9 Å². The third kappa shape index (κ3) is 5.26. The Balaban J connectivity index is 1.66. The van der Waals surface area contributed by atoms with E-state index < -0.39 is 5.60 Å². The Bertz CT molecular complexity index is 832. The first-order chi connectivity index (χ1) is 13.2. The molecular formula is C19H24ClFN4O2S. The summed E-state index contributed by atoms with van der Waals surface area (Å²) in [5, 5.41) is 3.16. The largest absolute Gasteiger partial charge is 0.444 e. The topological polar surface area (TPSA) is 57.7 Å². The molecule has 1 amide bonds. The molecule has 0 bridgehead atoms. The Morgan fingerprint density at radius 2 is 2.04 bits per heavy atom. The summed E-state index contributed by atoms with van der Waals surface area (Å²) >= 11 is 7.22. The zero-order valence-corrected chi connectivity index (χ0v) is 17.7. The number of amides is 1. The molecule has 3 rings (SSSR count). The predicted molar refractivity (Wildman–Crippen MR) is 111 cm³/mol. The average Bonchev–Trinajstić information content (AvgIpc) is 3.04. The molecule has 1 N–H and O–H groups in total. The molecule has 2 aromatic rings. The molecule has 0 saturated carbocycles. The van der Waals surface area contributed by atoms with Crippen molar-refractivity contribution < 1.29 is 13.9 Å². The van der Waals surface area contributed by atoms with E-state index in [9.17, 15) is 9.18 Å². The van der Waals surface area contributed by atoms with Gasteiger partial charge >= 0.3 is 6.09 Å². The molecule has 1 aromatic carbocycles. The van der Waals surface area contributed by atoms with Gasteiger partial charge in [-0.1, -0.05) is 17.7 Å². The summed E-state index contributed by atoms with van der Waals surface area (Å²) in [5.41, 5.74) is 0.699. The summed E-state index contributed by atoms with van der Waals surface area (Å²) in [5.74, 6) is -0.317. The lowest BCUT2D eigenvalue weighted by atomic mass is 10.2. The summed E-state index contributed by atoms with van der Waals surface area (Å²) in [6.45, 7) is 8.24. The minimum atomic E-state index is -0.520. The smallest absolute Gasteiger partial charge is 0.410 e. The Labute approximate surface area is 173 Å². The van der Waals surface area contributed by atoms with Crippen molar-refractivity contribution in [3.63, 3.8) is 0 Å². The zero-order valence-electron chi connectivity index (χ0n) is 16.2. The number of ether oxygens (including phenoxy) is 1. The van der Waals surface area contributed by atoms with E-state index in [1.54, 1.807) is 17.2 Å². The van der Waals surface area contributed by atoms with Crippen LogP contribution in [0.1, 0.15) is 25.6 Å². The second kappa shape index (κ2) is 8.53. The third-order valence-corrected chi connectivity index (χ3v) is 5.34. The summed E-state index contributed by atoms with van der Waals surface area (Å²) in [7, 11) is 0. The number of nitrogens with zero attached hydrogens (tertiary/aromatic N) is 3. The van der Waals surface area contributed by atoms with E-state index >= 15 is 0 Å². The van der Waals surface area contributed by atoms with Crippen molar-refractivity contribution in [1.29, 1.82) is 0 Å². The van der Waals surface area contributed by atoms with Crippen molar-refractivity contribution in [3.05, 3.63) is 39.6 Å². The number of piperazine rings is 1. The number of rotatable bonds is 4. The van der Waals surface area contributed by atoms with Gasteiger partial charge in [0.15, 0.2) is 4.47 Å².